The van der Waals surface area contributed by atoms with Crippen LogP contribution < -0.4 is 14.8 Å². The van der Waals surface area contributed by atoms with Crippen LogP contribution in [0, 0.1) is 0 Å². The number of benzene rings is 1. The fraction of sp³-hybridized carbons (Fsp3) is 0.353. The number of fused-ring (bicyclic) bond motifs is 1. The molecule has 1 amide bonds. The van der Waals surface area contributed by atoms with E-state index in [-0.39, 0.29) is 12.7 Å². The number of rotatable bonds is 4. The number of aromatic nitrogens is 2. The highest BCUT2D eigenvalue weighted by Crippen LogP contribution is 2.32. The molecule has 1 fully saturated rings. The minimum Gasteiger partial charge on any atom is -0.454 e. The van der Waals surface area contributed by atoms with Gasteiger partial charge in [0, 0.05) is 19.6 Å². The quantitative estimate of drug-likeness (QED) is 0.927. The van der Waals surface area contributed by atoms with E-state index in [0.717, 1.165) is 43.0 Å². The predicted molar refractivity (Wildman–Crippen MR) is 87.1 cm³/mol. The summed E-state index contributed by atoms with van der Waals surface area (Å²) >= 11 is 0. The van der Waals surface area contributed by atoms with Gasteiger partial charge in [0.15, 0.2) is 17.2 Å². The summed E-state index contributed by atoms with van der Waals surface area (Å²) in [5.41, 5.74) is 1.45. The maximum absolute atomic E-state index is 12.2. The Bertz CT molecular complexity index is 742. The molecule has 0 unspecified atom stereocenters. The number of hydrogen-bond donors (Lipinski definition) is 1. The molecule has 2 aromatic rings. The van der Waals surface area contributed by atoms with Gasteiger partial charge < -0.3 is 19.7 Å². The fourth-order valence-electron chi connectivity index (χ4n) is 2.87. The van der Waals surface area contributed by atoms with Crippen molar-refractivity contribution >= 4 is 11.7 Å². The van der Waals surface area contributed by atoms with Gasteiger partial charge in [0.25, 0.3) is 5.91 Å². The minimum absolute atomic E-state index is 0.0395. The first-order valence-electron chi connectivity index (χ1n) is 8.05. The molecular formula is C17H18N4O3. The van der Waals surface area contributed by atoms with Crippen LogP contribution in [-0.2, 0) is 6.54 Å². The number of nitrogens with one attached hydrogen (secondary N) is 1. The summed E-state index contributed by atoms with van der Waals surface area (Å²) < 4.78 is 10.7. The largest absolute Gasteiger partial charge is 0.454 e. The van der Waals surface area contributed by atoms with E-state index in [1.807, 2.05) is 23.1 Å². The van der Waals surface area contributed by atoms with Crippen molar-refractivity contribution in [2.45, 2.75) is 19.4 Å². The molecule has 1 saturated heterocycles. The summed E-state index contributed by atoms with van der Waals surface area (Å²) in [5, 5.41) is 11.3. The van der Waals surface area contributed by atoms with Gasteiger partial charge in [-0.05, 0) is 42.7 Å². The second kappa shape index (κ2) is 6.35. The van der Waals surface area contributed by atoms with Crippen molar-refractivity contribution in [3.05, 3.63) is 41.6 Å². The van der Waals surface area contributed by atoms with E-state index in [2.05, 4.69) is 15.5 Å². The molecule has 0 atom stereocenters. The molecule has 0 saturated carbocycles. The van der Waals surface area contributed by atoms with Crippen molar-refractivity contribution in [2.24, 2.45) is 0 Å². The Kier molecular flexibility index (Phi) is 3.90. The van der Waals surface area contributed by atoms with Gasteiger partial charge in [-0.3, -0.25) is 4.79 Å². The maximum Gasteiger partial charge on any atom is 0.274 e. The molecule has 3 heterocycles. The van der Waals surface area contributed by atoms with Gasteiger partial charge in [0.1, 0.15) is 5.82 Å². The summed E-state index contributed by atoms with van der Waals surface area (Å²) in [6, 6.07) is 9.30. The van der Waals surface area contributed by atoms with Crippen LogP contribution in [0.4, 0.5) is 5.82 Å². The number of ether oxygens (including phenoxy) is 2. The lowest BCUT2D eigenvalue weighted by Gasteiger charge is -2.14. The van der Waals surface area contributed by atoms with Crippen molar-refractivity contribution in [3.8, 4) is 11.5 Å². The smallest absolute Gasteiger partial charge is 0.274 e. The third kappa shape index (κ3) is 2.97. The van der Waals surface area contributed by atoms with Crippen LogP contribution in [0.5, 0.6) is 11.5 Å². The monoisotopic (exact) mass is 326 g/mol. The Hall–Kier alpha value is -2.83. The third-order valence-electron chi connectivity index (χ3n) is 4.19. The number of anilines is 1. The summed E-state index contributed by atoms with van der Waals surface area (Å²) in [6.45, 7) is 2.48. The molecule has 0 radical (unpaired) electrons. The zero-order valence-corrected chi connectivity index (χ0v) is 13.2. The van der Waals surface area contributed by atoms with E-state index in [4.69, 9.17) is 9.47 Å². The number of carbonyl (C=O) groups excluding carboxylic acids is 1. The first kappa shape index (κ1) is 14.7. The van der Waals surface area contributed by atoms with E-state index >= 15 is 0 Å². The fourth-order valence-corrected chi connectivity index (χ4v) is 2.87. The van der Waals surface area contributed by atoms with Gasteiger partial charge in [-0.25, -0.2) is 0 Å². The van der Waals surface area contributed by atoms with Gasteiger partial charge in [-0.2, -0.15) is 0 Å². The highest BCUT2D eigenvalue weighted by molar-refractivity contribution is 5.92. The summed E-state index contributed by atoms with van der Waals surface area (Å²) in [5.74, 6) is 2.11. The molecule has 2 aliphatic rings. The number of carbonyl (C=O) groups is 1. The Balaban J connectivity index is 1.37. The van der Waals surface area contributed by atoms with E-state index in [1.54, 1.807) is 12.1 Å². The molecule has 4 rings (SSSR count). The number of hydrogen-bond acceptors (Lipinski definition) is 6. The van der Waals surface area contributed by atoms with Crippen molar-refractivity contribution < 1.29 is 14.3 Å². The predicted octanol–water partition coefficient (Wildman–Crippen LogP) is 2.05. The number of likely N-dealkylation sites (tertiary alicyclic amines) is 1. The first-order chi connectivity index (χ1) is 11.8. The molecule has 0 spiro atoms. The topological polar surface area (TPSA) is 76.6 Å². The molecule has 1 aromatic carbocycles. The summed E-state index contributed by atoms with van der Waals surface area (Å²) in [6.07, 6.45) is 2.13. The zero-order chi connectivity index (χ0) is 16.4. The highest BCUT2D eigenvalue weighted by Gasteiger charge is 2.20. The van der Waals surface area contributed by atoms with Crippen molar-refractivity contribution in [1.29, 1.82) is 0 Å². The second-order valence-corrected chi connectivity index (χ2v) is 5.84. The lowest BCUT2D eigenvalue weighted by atomic mass is 10.2. The number of amides is 1. The molecular weight excluding hydrogens is 308 g/mol. The van der Waals surface area contributed by atoms with Crippen LogP contribution in [0.25, 0.3) is 0 Å². The van der Waals surface area contributed by atoms with Crippen LogP contribution in [0.2, 0.25) is 0 Å². The van der Waals surface area contributed by atoms with E-state index in [9.17, 15) is 4.79 Å². The Labute approximate surface area is 139 Å². The molecule has 2 aliphatic heterocycles. The van der Waals surface area contributed by atoms with E-state index < -0.39 is 0 Å². The average molecular weight is 326 g/mol. The van der Waals surface area contributed by atoms with Crippen LogP contribution in [0.3, 0.4) is 0 Å². The second-order valence-electron chi connectivity index (χ2n) is 5.84. The van der Waals surface area contributed by atoms with Crippen LogP contribution in [-0.4, -0.2) is 40.9 Å². The molecule has 1 N–H and O–H groups in total. The molecule has 1 aromatic heterocycles. The normalized spacial score (nSPS) is 15.6. The Morgan fingerprint density at radius 2 is 1.92 bits per heavy atom. The summed E-state index contributed by atoms with van der Waals surface area (Å²) in [4.78, 5) is 14.0. The highest BCUT2D eigenvalue weighted by atomic mass is 16.7. The minimum atomic E-state index is -0.0395. The molecule has 124 valence electrons. The molecule has 7 nitrogen and oxygen atoms in total. The van der Waals surface area contributed by atoms with E-state index in [1.165, 1.54) is 0 Å². The summed E-state index contributed by atoms with van der Waals surface area (Å²) in [7, 11) is 0. The van der Waals surface area contributed by atoms with Crippen molar-refractivity contribution in [2.75, 3.05) is 25.2 Å². The molecule has 7 heteroatoms. The SMILES string of the molecule is O=C(c1ccc(NCc2ccc3c(c2)OCO3)nn1)N1CCCC1. The number of nitrogens with zero attached hydrogens (tertiary/aromatic N) is 3. The lowest BCUT2D eigenvalue weighted by molar-refractivity contribution is 0.0786. The van der Waals surface area contributed by atoms with Crippen LogP contribution in [0.1, 0.15) is 28.9 Å². The molecule has 0 aliphatic carbocycles. The molecule has 24 heavy (non-hydrogen) atoms. The zero-order valence-electron chi connectivity index (χ0n) is 13.2. The van der Waals surface area contributed by atoms with Gasteiger partial charge in [-0.15, -0.1) is 10.2 Å². The van der Waals surface area contributed by atoms with Crippen LogP contribution >= 0.6 is 0 Å². The lowest BCUT2D eigenvalue weighted by Crippen LogP contribution is -2.28. The standard InChI is InChI=1S/C17H18N4O3/c22-17(21-7-1-2-8-21)13-4-6-16(20-19-13)18-10-12-3-5-14-15(9-12)24-11-23-14/h3-6,9H,1-2,7-8,10-11H2,(H,18,20). The van der Waals surface area contributed by atoms with Gasteiger partial charge in [0.2, 0.25) is 6.79 Å². The van der Waals surface area contributed by atoms with Crippen molar-refractivity contribution in [3.63, 3.8) is 0 Å². The molecule has 0 bridgehead atoms. The van der Waals surface area contributed by atoms with Gasteiger partial charge in [0.05, 0.1) is 0 Å². The Morgan fingerprint density at radius 3 is 2.71 bits per heavy atom. The van der Waals surface area contributed by atoms with Crippen molar-refractivity contribution in [1.82, 2.24) is 15.1 Å². The van der Waals surface area contributed by atoms with Gasteiger partial charge in [-0.1, -0.05) is 6.07 Å². The maximum atomic E-state index is 12.2. The third-order valence-corrected chi connectivity index (χ3v) is 4.19. The first-order valence-corrected chi connectivity index (χ1v) is 8.05. The average Bonchev–Trinajstić information content (AvgIpc) is 3.31. The Morgan fingerprint density at radius 1 is 1.08 bits per heavy atom. The van der Waals surface area contributed by atoms with Gasteiger partial charge >= 0.3 is 0 Å². The van der Waals surface area contributed by atoms with Crippen LogP contribution in [0.15, 0.2) is 30.3 Å². The van der Waals surface area contributed by atoms with E-state index in [0.29, 0.717) is 18.1 Å².